The minimum absolute atomic E-state index is 0.388. The van der Waals surface area contributed by atoms with Gasteiger partial charge in [0, 0.05) is 0 Å². The Morgan fingerprint density at radius 2 is 1.76 bits per heavy atom. The second-order valence-corrected chi connectivity index (χ2v) is 9.44. The molecule has 118 valence electrons. The molecule has 0 unspecified atom stereocenters. The van der Waals surface area contributed by atoms with Crippen molar-refractivity contribution in [1.82, 2.24) is 0 Å². The van der Waals surface area contributed by atoms with Crippen LogP contribution in [-0.2, 0) is 19.7 Å². The van der Waals surface area contributed by atoms with Gasteiger partial charge in [0.15, 0.2) is 19.7 Å². The molecule has 0 saturated carbocycles. The summed E-state index contributed by atoms with van der Waals surface area (Å²) in [5.41, 5.74) is -0.388. The minimum Gasteiger partial charge on any atom is -0.478 e. The molecular formula is C12H15FO6S2. The zero-order chi connectivity index (χ0) is 16.4. The summed E-state index contributed by atoms with van der Waals surface area (Å²) < 4.78 is 60.8. The molecule has 0 bridgehead atoms. The molecule has 0 heterocycles. The van der Waals surface area contributed by atoms with Gasteiger partial charge in [-0.25, -0.2) is 26.0 Å². The maximum atomic E-state index is 13.7. The number of carboxylic acid groups (broad SMARTS) is 1. The van der Waals surface area contributed by atoms with Crippen LogP contribution in [0.4, 0.5) is 4.39 Å². The maximum Gasteiger partial charge on any atom is 0.335 e. The lowest BCUT2D eigenvalue weighted by Crippen LogP contribution is -2.24. The van der Waals surface area contributed by atoms with E-state index in [2.05, 4.69) is 0 Å². The number of sulfone groups is 2. The van der Waals surface area contributed by atoms with Crippen LogP contribution >= 0.6 is 0 Å². The van der Waals surface area contributed by atoms with E-state index in [1.54, 1.807) is 0 Å². The quantitative estimate of drug-likeness (QED) is 0.833. The number of carbonyl (C=O) groups is 1. The Bertz CT molecular complexity index is 750. The Labute approximate surface area is 122 Å². The van der Waals surface area contributed by atoms with Crippen molar-refractivity contribution in [2.75, 3.05) is 11.5 Å². The zero-order valence-corrected chi connectivity index (χ0v) is 13.0. The summed E-state index contributed by atoms with van der Waals surface area (Å²) in [5, 5.41) is 7.95. The van der Waals surface area contributed by atoms with E-state index in [0.717, 1.165) is 12.1 Å². The second-order valence-electron chi connectivity index (χ2n) is 4.68. The van der Waals surface area contributed by atoms with Gasteiger partial charge in [-0.15, -0.1) is 0 Å². The van der Waals surface area contributed by atoms with Crippen LogP contribution in [0.1, 0.15) is 24.2 Å². The van der Waals surface area contributed by atoms with E-state index >= 15 is 0 Å². The monoisotopic (exact) mass is 338 g/mol. The molecule has 1 rings (SSSR count). The summed E-state index contributed by atoms with van der Waals surface area (Å²) in [6.07, 6.45) is 0. The summed E-state index contributed by atoms with van der Waals surface area (Å²) in [6, 6.07) is 2.37. The highest BCUT2D eigenvalue weighted by molar-refractivity contribution is 7.95. The predicted octanol–water partition coefficient (Wildman–Crippen LogP) is 1.12. The van der Waals surface area contributed by atoms with Crippen molar-refractivity contribution in [2.45, 2.75) is 24.0 Å². The number of carboxylic acids is 1. The van der Waals surface area contributed by atoms with Gasteiger partial charge in [0.05, 0.1) is 22.3 Å². The Kier molecular flexibility index (Phi) is 5.11. The summed E-state index contributed by atoms with van der Waals surface area (Å²) in [4.78, 5) is 9.95. The first kappa shape index (κ1) is 17.6. The Morgan fingerprint density at radius 1 is 1.19 bits per heavy atom. The van der Waals surface area contributed by atoms with Crippen LogP contribution in [0.2, 0.25) is 0 Å². The molecule has 0 saturated heterocycles. The first-order valence-electron chi connectivity index (χ1n) is 5.94. The topological polar surface area (TPSA) is 106 Å². The predicted molar refractivity (Wildman–Crippen MR) is 74.3 cm³/mol. The SMILES string of the molecule is CC(C)S(=O)(=O)CCS(=O)(=O)c1ccc(C(=O)O)cc1F. The maximum absolute atomic E-state index is 13.7. The lowest BCUT2D eigenvalue weighted by atomic mass is 10.2. The van der Waals surface area contributed by atoms with Gasteiger partial charge < -0.3 is 5.11 Å². The van der Waals surface area contributed by atoms with E-state index < -0.39 is 53.1 Å². The van der Waals surface area contributed by atoms with Gasteiger partial charge in [-0.2, -0.15) is 0 Å². The third kappa shape index (κ3) is 4.24. The number of benzene rings is 1. The molecule has 0 aliphatic rings. The number of rotatable bonds is 6. The molecule has 1 aromatic carbocycles. The molecule has 1 aromatic rings. The van der Waals surface area contributed by atoms with Gasteiger partial charge in [-0.3, -0.25) is 0 Å². The van der Waals surface area contributed by atoms with Crippen LogP contribution in [0.3, 0.4) is 0 Å². The van der Waals surface area contributed by atoms with Gasteiger partial charge in [-0.05, 0) is 32.0 Å². The van der Waals surface area contributed by atoms with Gasteiger partial charge in [0.1, 0.15) is 10.7 Å². The number of hydrogen-bond acceptors (Lipinski definition) is 5. The second kappa shape index (κ2) is 6.10. The van der Waals surface area contributed by atoms with Crippen LogP contribution in [0.5, 0.6) is 0 Å². The van der Waals surface area contributed by atoms with Gasteiger partial charge >= 0.3 is 5.97 Å². The minimum atomic E-state index is -4.15. The molecule has 6 nitrogen and oxygen atoms in total. The van der Waals surface area contributed by atoms with E-state index in [1.807, 2.05) is 0 Å². The first-order chi connectivity index (χ1) is 9.47. The largest absolute Gasteiger partial charge is 0.478 e. The molecule has 0 aliphatic carbocycles. The first-order valence-corrected chi connectivity index (χ1v) is 9.31. The normalized spacial score (nSPS) is 12.6. The highest BCUT2D eigenvalue weighted by Gasteiger charge is 2.25. The van der Waals surface area contributed by atoms with Crippen molar-refractivity contribution in [3.05, 3.63) is 29.6 Å². The Morgan fingerprint density at radius 3 is 2.19 bits per heavy atom. The van der Waals surface area contributed by atoms with E-state index in [4.69, 9.17) is 5.11 Å². The van der Waals surface area contributed by atoms with E-state index in [1.165, 1.54) is 13.8 Å². The number of halogens is 1. The number of hydrogen-bond donors (Lipinski definition) is 1. The van der Waals surface area contributed by atoms with E-state index in [0.29, 0.717) is 6.07 Å². The van der Waals surface area contributed by atoms with E-state index in [9.17, 15) is 26.0 Å². The molecule has 0 amide bonds. The third-order valence-electron chi connectivity index (χ3n) is 2.87. The molecule has 0 atom stereocenters. The van der Waals surface area contributed by atoms with Crippen molar-refractivity contribution in [1.29, 1.82) is 0 Å². The summed E-state index contributed by atoms with van der Waals surface area (Å²) in [5.74, 6) is -3.97. The average molecular weight is 338 g/mol. The molecule has 0 spiro atoms. The lowest BCUT2D eigenvalue weighted by Gasteiger charge is -2.09. The third-order valence-corrected chi connectivity index (χ3v) is 7.08. The standard InChI is InChI=1S/C12H15FO6S2/c1-8(2)20(16,17)5-6-21(18,19)11-4-3-9(12(14)15)7-10(11)13/h3-4,7-8H,5-6H2,1-2H3,(H,14,15). The van der Waals surface area contributed by atoms with Crippen molar-refractivity contribution < 1.29 is 31.1 Å². The highest BCUT2D eigenvalue weighted by atomic mass is 32.2. The van der Waals surface area contributed by atoms with Crippen LogP contribution < -0.4 is 0 Å². The average Bonchev–Trinajstić information content (AvgIpc) is 2.36. The lowest BCUT2D eigenvalue weighted by molar-refractivity contribution is 0.0696. The Balaban J connectivity index is 3.07. The van der Waals surface area contributed by atoms with Crippen molar-refractivity contribution in [2.24, 2.45) is 0 Å². The van der Waals surface area contributed by atoms with Gasteiger partial charge in [0.2, 0.25) is 0 Å². The van der Waals surface area contributed by atoms with E-state index in [-0.39, 0.29) is 5.56 Å². The van der Waals surface area contributed by atoms with Crippen LogP contribution in [0.25, 0.3) is 0 Å². The van der Waals surface area contributed by atoms with Crippen molar-refractivity contribution >= 4 is 25.6 Å². The van der Waals surface area contributed by atoms with Gasteiger partial charge in [-0.1, -0.05) is 0 Å². The molecule has 0 fully saturated rings. The fourth-order valence-electron chi connectivity index (χ4n) is 1.46. The smallest absolute Gasteiger partial charge is 0.335 e. The molecule has 1 N–H and O–H groups in total. The summed E-state index contributed by atoms with van der Waals surface area (Å²) in [7, 11) is -7.72. The fourth-order valence-corrected chi connectivity index (χ4v) is 4.59. The van der Waals surface area contributed by atoms with Crippen molar-refractivity contribution in [3.8, 4) is 0 Å². The number of aromatic carboxylic acids is 1. The van der Waals surface area contributed by atoms with Crippen LogP contribution in [-0.4, -0.2) is 44.7 Å². The zero-order valence-electron chi connectivity index (χ0n) is 11.4. The summed E-state index contributed by atoms with van der Waals surface area (Å²) in [6.45, 7) is 2.84. The molecule has 0 aliphatic heterocycles. The molecule has 0 radical (unpaired) electrons. The fraction of sp³-hybridized carbons (Fsp3) is 0.417. The molecule has 9 heteroatoms. The van der Waals surface area contributed by atoms with Crippen LogP contribution in [0, 0.1) is 5.82 Å². The van der Waals surface area contributed by atoms with Crippen molar-refractivity contribution in [3.63, 3.8) is 0 Å². The molecular weight excluding hydrogens is 323 g/mol. The van der Waals surface area contributed by atoms with Gasteiger partial charge in [0.25, 0.3) is 0 Å². The van der Waals surface area contributed by atoms with Crippen LogP contribution in [0.15, 0.2) is 23.1 Å². The summed E-state index contributed by atoms with van der Waals surface area (Å²) >= 11 is 0. The molecule has 21 heavy (non-hydrogen) atoms. The Hall–Kier alpha value is -1.48. The highest BCUT2D eigenvalue weighted by Crippen LogP contribution is 2.18. The molecule has 0 aromatic heterocycles.